The number of hydrogen-bond acceptors (Lipinski definition) is 6. The molecule has 1 aliphatic rings. The molecule has 3 aromatic rings. The highest BCUT2D eigenvalue weighted by Crippen LogP contribution is 2.30. The van der Waals surface area contributed by atoms with Crippen LogP contribution in [0.4, 0.5) is 10.8 Å². The molecule has 0 bridgehead atoms. The molecule has 1 saturated heterocycles. The Balaban J connectivity index is 1.44. The summed E-state index contributed by atoms with van der Waals surface area (Å²) in [5.41, 5.74) is 3.39. The minimum atomic E-state index is -0.358. The molecule has 0 aliphatic carbocycles. The monoisotopic (exact) mass is 446 g/mol. The number of nitrogens with zero attached hydrogens (tertiary/aromatic N) is 2. The number of hydrogen-bond donors (Lipinski definition) is 2. The zero-order chi connectivity index (χ0) is 20.4. The smallest absolute Gasteiger partial charge is 0.258 e. The number of fused-ring (bicyclic) bond motifs is 1. The third kappa shape index (κ3) is 4.67. The van der Waals surface area contributed by atoms with Gasteiger partial charge in [-0.2, -0.15) is 0 Å². The van der Waals surface area contributed by atoms with Crippen LogP contribution in [0, 0.1) is 6.92 Å². The molecule has 4 rings (SSSR count). The van der Waals surface area contributed by atoms with Crippen LogP contribution >= 0.6 is 35.2 Å². The lowest BCUT2D eigenvalue weighted by molar-refractivity contribution is 0.0978. The Hall–Kier alpha value is -2.26. The first-order valence-electron chi connectivity index (χ1n) is 9.11. The standard InChI is InChI=1S/C20H19ClN4O2S2/c1-12-2-4-14(15(21)10-12)18(26)23-19(28)24-20-22-16-5-3-13(11-17(16)29-20)25-6-8-27-9-7-25/h2-5,10-11H,6-9H2,1H3,(H2,22,23,24,26,28). The second-order valence-corrected chi connectivity index (χ2v) is 8.51. The third-order valence-electron chi connectivity index (χ3n) is 4.56. The predicted molar refractivity (Wildman–Crippen MR) is 123 cm³/mol. The zero-order valence-corrected chi connectivity index (χ0v) is 18.1. The summed E-state index contributed by atoms with van der Waals surface area (Å²) in [6.07, 6.45) is 0. The van der Waals surface area contributed by atoms with E-state index in [0.717, 1.165) is 47.8 Å². The van der Waals surface area contributed by atoms with Gasteiger partial charge in [0.05, 0.1) is 34.0 Å². The van der Waals surface area contributed by atoms with Crippen LogP contribution in [0.3, 0.4) is 0 Å². The van der Waals surface area contributed by atoms with Crippen molar-refractivity contribution in [3.63, 3.8) is 0 Å². The molecule has 29 heavy (non-hydrogen) atoms. The molecule has 6 nitrogen and oxygen atoms in total. The summed E-state index contributed by atoms with van der Waals surface area (Å²) in [7, 11) is 0. The van der Waals surface area contributed by atoms with E-state index >= 15 is 0 Å². The van der Waals surface area contributed by atoms with E-state index in [1.54, 1.807) is 12.1 Å². The predicted octanol–water partition coefficient (Wildman–Crippen LogP) is 4.22. The quantitative estimate of drug-likeness (QED) is 0.587. The number of carbonyl (C=O) groups excluding carboxylic acids is 1. The maximum Gasteiger partial charge on any atom is 0.258 e. The van der Waals surface area contributed by atoms with Gasteiger partial charge in [0.2, 0.25) is 0 Å². The first-order valence-corrected chi connectivity index (χ1v) is 10.7. The van der Waals surface area contributed by atoms with Crippen LogP contribution in [0.25, 0.3) is 10.2 Å². The largest absolute Gasteiger partial charge is 0.378 e. The first-order chi connectivity index (χ1) is 14.0. The molecule has 2 heterocycles. The highest BCUT2D eigenvalue weighted by molar-refractivity contribution is 7.80. The molecule has 1 aliphatic heterocycles. The summed E-state index contributed by atoms with van der Waals surface area (Å²) in [5.74, 6) is -0.358. The van der Waals surface area contributed by atoms with Gasteiger partial charge in [0, 0.05) is 18.8 Å². The van der Waals surface area contributed by atoms with Gasteiger partial charge < -0.3 is 15.0 Å². The van der Waals surface area contributed by atoms with Crippen molar-refractivity contribution >= 4 is 67.2 Å². The molecule has 150 valence electrons. The summed E-state index contributed by atoms with van der Waals surface area (Å²) in [4.78, 5) is 19.3. The van der Waals surface area contributed by atoms with Crippen molar-refractivity contribution in [2.75, 3.05) is 36.5 Å². The Morgan fingerprint density at radius 2 is 2.03 bits per heavy atom. The van der Waals surface area contributed by atoms with Crippen molar-refractivity contribution in [1.82, 2.24) is 10.3 Å². The van der Waals surface area contributed by atoms with Crippen molar-refractivity contribution in [2.24, 2.45) is 0 Å². The maximum absolute atomic E-state index is 12.4. The van der Waals surface area contributed by atoms with Gasteiger partial charge in [-0.15, -0.1) is 0 Å². The average molecular weight is 447 g/mol. The number of aromatic nitrogens is 1. The zero-order valence-electron chi connectivity index (χ0n) is 15.7. The summed E-state index contributed by atoms with van der Waals surface area (Å²) < 4.78 is 6.46. The topological polar surface area (TPSA) is 66.5 Å². The number of aryl methyl sites for hydroxylation is 1. The van der Waals surface area contributed by atoms with E-state index in [1.807, 2.05) is 19.1 Å². The molecule has 0 radical (unpaired) electrons. The molecule has 2 aromatic carbocycles. The number of anilines is 2. The molecular weight excluding hydrogens is 428 g/mol. The Morgan fingerprint density at radius 3 is 2.79 bits per heavy atom. The molecule has 0 spiro atoms. The van der Waals surface area contributed by atoms with Crippen molar-refractivity contribution in [1.29, 1.82) is 0 Å². The molecule has 9 heteroatoms. The van der Waals surface area contributed by atoms with E-state index < -0.39 is 0 Å². The van der Waals surface area contributed by atoms with E-state index in [4.69, 9.17) is 28.6 Å². The van der Waals surface area contributed by atoms with Crippen molar-refractivity contribution < 1.29 is 9.53 Å². The van der Waals surface area contributed by atoms with Crippen LogP contribution in [0.15, 0.2) is 36.4 Å². The number of ether oxygens (including phenoxy) is 1. The van der Waals surface area contributed by atoms with Gasteiger partial charge in [0.15, 0.2) is 10.2 Å². The van der Waals surface area contributed by atoms with Crippen molar-refractivity contribution in [2.45, 2.75) is 6.92 Å². The molecule has 0 saturated carbocycles. The van der Waals surface area contributed by atoms with Crippen LogP contribution in [0.5, 0.6) is 0 Å². The second-order valence-electron chi connectivity index (χ2n) is 6.66. The Labute approximate surface area is 182 Å². The number of morpholine rings is 1. The van der Waals surface area contributed by atoms with Crippen LogP contribution < -0.4 is 15.5 Å². The fraction of sp³-hybridized carbons (Fsp3) is 0.250. The summed E-state index contributed by atoms with van der Waals surface area (Å²) in [5, 5.41) is 6.84. The van der Waals surface area contributed by atoms with Crippen LogP contribution in [0.1, 0.15) is 15.9 Å². The van der Waals surface area contributed by atoms with Crippen molar-refractivity contribution in [3.05, 3.63) is 52.5 Å². The summed E-state index contributed by atoms with van der Waals surface area (Å²) in [6.45, 7) is 5.16. The number of amides is 1. The minimum absolute atomic E-state index is 0.180. The maximum atomic E-state index is 12.4. The Morgan fingerprint density at radius 1 is 1.24 bits per heavy atom. The number of carbonyl (C=O) groups is 1. The lowest BCUT2D eigenvalue weighted by Crippen LogP contribution is -2.36. The summed E-state index contributed by atoms with van der Waals surface area (Å²) >= 11 is 12.9. The minimum Gasteiger partial charge on any atom is -0.378 e. The molecule has 1 amide bonds. The highest BCUT2D eigenvalue weighted by Gasteiger charge is 2.15. The number of thiazole rings is 1. The number of benzene rings is 2. The number of halogens is 1. The fourth-order valence-corrected chi connectivity index (χ4v) is 4.57. The van der Waals surface area contributed by atoms with E-state index in [1.165, 1.54) is 11.3 Å². The van der Waals surface area contributed by atoms with Crippen molar-refractivity contribution in [3.8, 4) is 0 Å². The SMILES string of the molecule is Cc1ccc(C(=O)NC(=S)Nc2nc3ccc(N4CCOCC4)cc3s2)c(Cl)c1. The number of rotatable bonds is 3. The lowest BCUT2D eigenvalue weighted by atomic mass is 10.1. The summed E-state index contributed by atoms with van der Waals surface area (Å²) in [6, 6.07) is 11.4. The van der Waals surface area contributed by atoms with Gasteiger partial charge in [0.1, 0.15) is 0 Å². The molecule has 2 N–H and O–H groups in total. The van der Waals surface area contributed by atoms with E-state index in [0.29, 0.717) is 15.7 Å². The van der Waals surface area contributed by atoms with E-state index in [2.05, 4.69) is 32.7 Å². The fourth-order valence-electron chi connectivity index (χ4n) is 3.09. The van der Waals surface area contributed by atoms with Gasteiger partial charge in [-0.25, -0.2) is 4.98 Å². The number of thiocarbonyl (C=S) groups is 1. The van der Waals surface area contributed by atoms with Gasteiger partial charge >= 0.3 is 0 Å². The van der Waals surface area contributed by atoms with Crippen LogP contribution in [0.2, 0.25) is 5.02 Å². The van der Waals surface area contributed by atoms with Gasteiger partial charge in [-0.05, 0) is 55.0 Å². The van der Waals surface area contributed by atoms with Crippen LogP contribution in [-0.2, 0) is 4.74 Å². The third-order valence-corrected chi connectivity index (χ3v) is 6.02. The molecule has 1 fully saturated rings. The highest BCUT2D eigenvalue weighted by atomic mass is 35.5. The first kappa shape index (κ1) is 20.0. The normalized spacial score (nSPS) is 14.1. The second kappa shape index (κ2) is 8.62. The number of nitrogens with one attached hydrogen (secondary N) is 2. The molecule has 1 aromatic heterocycles. The average Bonchev–Trinajstić information content (AvgIpc) is 3.09. The lowest BCUT2D eigenvalue weighted by Gasteiger charge is -2.28. The van der Waals surface area contributed by atoms with Gasteiger partial charge in [0.25, 0.3) is 5.91 Å². The van der Waals surface area contributed by atoms with Gasteiger partial charge in [-0.1, -0.05) is 29.0 Å². The van der Waals surface area contributed by atoms with E-state index in [-0.39, 0.29) is 11.0 Å². The Kier molecular flexibility index (Phi) is 5.96. The molecule has 0 atom stereocenters. The molecular formula is C20H19ClN4O2S2. The van der Waals surface area contributed by atoms with Crippen LogP contribution in [-0.4, -0.2) is 42.3 Å². The Bertz CT molecular complexity index is 1080. The van der Waals surface area contributed by atoms with E-state index in [9.17, 15) is 4.79 Å². The van der Waals surface area contributed by atoms with Gasteiger partial charge in [-0.3, -0.25) is 10.1 Å². The molecule has 0 unspecified atom stereocenters.